The minimum atomic E-state index is 0.183. The van der Waals surface area contributed by atoms with E-state index in [4.69, 9.17) is 4.42 Å². The lowest BCUT2D eigenvalue weighted by atomic mass is 9.97. The maximum absolute atomic E-state index is 13.0. The van der Waals surface area contributed by atoms with Crippen LogP contribution in [0.1, 0.15) is 53.1 Å². The summed E-state index contributed by atoms with van der Waals surface area (Å²) in [6.07, 6.45) is 4.68. The van der Waals surface area contributed by atoms with E-state index in [1.54, 1.807) is 0 Å². The van der Waals surface area contributed by atoms with Gasteiger partial charge >= 0.3 is 0 Å². The van der Waals surface area contributed by atoms with Crippen molar-refractivity contribution in [1.29, 1.82) is 0 Å². The SMILES string of the molecule is Cc1oc(C)c(C(=O)N(CC2CCNCC2)C2CC2)c1C. The molecule has 2 aliphatic rings. The zero-order valence-corrected chi connectivity index (χ0v) is 13.4. The second-order valence-electron chi connectivity index (χ2n) is 6.60. The molecule has 0 atom stereocenters. The number of carbonyl (C=O) groups excluding carboxylic acids is 1. The van der Waals surface area contributed by atoms with Crippen molar-refractivity contribution in [3.05, 3.63) is 22.6 Å². The van der Waals surface area contributed by atoms with Crippen molar-refractivity contribution in [3.63, 3.8) is 0 Å². The minimum Gasteiger partial charge on any atom is -0.466 e. The van der Waals surface area contributed by atoms with Crippen molar-refractivity contribution in [2.75, 3.05) is 19.6 Å². The van der Waals surface area contributed by atoms with Gasteiger partial charge in [-0.1, -0.05) is 0 Å². The summed E-state index contributed by atoms with van der Waals surface area (Å²) in [6.45, 7) is 8.92. The van der Waals surface area contributed by atoms with Crippen molar-refractivity contribution < 1.29 is 9.21 Å². The molecular formula is C17H26N2O2. The molecule has 4 nitrogen and oxygen atoms in total. The van der Waals surface area contributed by atoms with E-state index >= 15 is 0 Å². The Morgan fingerprint density at radius 3 is 2.33 bits per heavy atom. The van der Waals surface area contributed by atoms with Gasteiger partial charge in [-0.05, 0) is 65.5 Å². The van der Waals surface area contributed by atoms with Crippen LogP contribution in [0.2, 0.25) is 0 Å². The lowest BCUT2D eigenvalue weighted by Gasteiger charge is -2.30. The van der Waals surface area contributed by atoms with Gasteiger partial charge in [-0.15, -0.1) is 0 Å². The third-order valence-corrected chi connectivity index (χ3v) is 4.94. The van der Waals surface area contributed by atoms with Crippen LogP contribution in [0.15, 0.2) is 4.42 Å². The number of aryl methyl sites for hydroxylation is 2. The molecule has 1 saturated heterocycles. The lowest BCUT2D eigenvalue weighted by Crippen LogP contribution is -2.40. The van der Waals surface area contributed by atoms with E-state index in [-0.39, 0.29) is 5.91 Å². The minimum absolute atomic E-state index is 0.183. The standard InChI is InChI=1S/C17H26N2O2/c1-11-12(2)21-13(3)16(11)17(20)19(15-4-5-15)10-14-6-8-18-9-7-14/h14-15,18H,4-10H2,1-3H3. The van der Waals surface area contributed by atoms with E-state index in [1.165, 1.54) is 12.8 Å². The molecule has 4 heteroatoms. The highest BCUT2D eigenvalue weighted by Gasteiger charge is 2.36. The Balaban J connectivity index is 1.78. The molecule has 3 rings (SSSR count). The Morgan fingerprint density at radius 1 is 1.14 bits per heavy atom. The summed E-state index contributed by atoms with van der Waals surface area (Å²) in [6, 6.07) is 0.460. The zero-order valence-electron chi connectivity index (χ0n) is 13.4. The molecule has 0 bridgehead atoms. The summed E-state index contributed by atoms with van der Waals surface area (Å²) in [4.78, 5) is 15.1. The van der Waals surface area contributed by atoms with Crippen LogP contribution < -0.4 is 5.32 Å². The van der Waals surface area contributed by atoms with Gasteiger partial charge in [-0.2, -0.15) is 0 Å². The van der Waals surface area contributed by atoms with Crippen LogP contribution in [0.5, 0.6) is 0 Å². The fourth-order valence-corrected chi connectivity index (χ4v) is 3.38. The molecule has 1 aromatic heterocycles. The number of hydrogen-bond donors (Lipinski definition) is 1. The normalized spacial score (nSPS) is 19.8. The van der Waals surface area contributed by atoms with Gasteiger partial charge in [0.1, 0.15) is 11.5 Å². The van der Waals surface area contributed by atoms with Gasteiger partial charge < -0.3 is 14.6 Å². The molecule has 1 saturated carbocycles. The van der Waals surface area contributed by atoms with Gasteiger partial charge in [0.15, 0.2) is 0 Å². The predicted molar refractivity (Wildman–Crippen MR) is 82.6 cm³/mol. The second kappa shape index (κ2) is 5.84. The molecule has 0 unspecified atom stereocenters. The summed E-state index contributed by atoms with van der Waals surface area (Å²) in [5, 5.41) is 3.40. The zero-order chi connectivity index (χ0) is 15.0. The molecule has 116 valence electrons. The molecule has 0 aromatic carbocycles. The first-order valence-corrected chi connectivity index (χ1v) is 8.16. The maximum Gasteiger partial charge on any atom is 0.257 e. The molecule has 0 radical (unpaired) electrons. The van der Waals surface area contributed by atoms with Crippen molar-refractivity contribution >= 4 is 5.91 Å². The Bertz CT molecular complexity index is 525. The first-order valence-electron chi connectivity index (χ1n) is 8.16. The molecule has 0 spiro atoms. The Kier molecular flexibility index (Phi) is 4.07. The van der Waals surface area contributed by atoms with Gasteiger partial charge in [0.05, 0.1) is 5.56 Å². The van der Waals surface area contributed by atoms with Crippen LogP contribution in [-0.2, 0) is 0 Å². The summed E-state index contributed by atoms with van der Waals surface area (Å²) in [7, 11) is 0. The third kappa shape index (κ3) is 3.00. The average molecular weight is 290 g/mol. The van der Waals surface area contributed by atoms with Gasteiger partial charge in [0.25, 0.3) is 5.91 Å². The number of carbonyl (C=O) groups is 1. The smallest absolute Gasteiger partial charge is 0.257 e. The van der Waals surface area contributed by atoms with Crippen LogP contribution in [-0.4, -0.2) is 36.5 Å². The first-order chi connectivity index (χ1) is 10.1. The fraction of sp³-hybridized carbons (Fsp3) is 0.706. The summed E-state index contributed by atoms with van der Waals surface area (Å²) < 4.78 is 5.65. The van der Waals surface area contributed by atoms with Crippen molar-refractivity contribution in [3.8, 4) is 0 Å². The van der Waals surface area contributed by atoms with Crippen LogP contribution in [0, 0.1) is 26.7 Å². The molecule has 1 N–H and O–H groups in total. The molecule has 1 aromatic rings. The molecule has 2 heterocycles. The van der Waals surface area contributed by atoms with Gasteiger partial charge in [0.2, 0.25) is 0 Å². The summed E-state index contributed by atoms with van der Waals surface area (Å²) >= 11 is 0. The average Bonchev–Trinajstić information content (AvgIpc) is 3.26. The molecule has 1 aliphatic heterocycles. The van der Waals surface area contributed by atoms with Crippen LogP contribution in [0.25, 0.3) is 0 Å². The number of nitrogens with zero attached hydrogens (tertiary/aromatic N) is 1. The molecule has 1 amide bonds. The van der Waals surface area contributed by atoms with E-state index in [2.05, 4.69) is 10.2 Å². The third-order valence-electron chi connectivity index (χ3n) is 4.94. The molecule has 2 fully saturated rings. The lowest BCUT2D eigenvalue weighted by molar-refractivity contribution is 0.0699. The number of piperidine rings is 1. The number of hydrogen-bond acceptors (Lipinski definition) is 3. The topological polar surface area (TPSA) is 45.5 Å². The van der Waals surface area contributed by atoms with Crippen molar-refractivity contribution in [2.24, 2.45) is 5.92 Å². The van der Waals surface area contributed by atoms with Crippen molar-refractivity contribution in [1.82, 2.24) is 10.2 Å². The Hall–Kier alpha value is -1.29. The second-order valence-corrected chi connectivity index (χ2v) is 6.60. The predicted octanol–water partition coefficient (Wildman–Crippen LogP) is 2.81. The maximum atomic E-state index is 13.0. The highest BCUT2D eigenvalue weighted by molar-refractivity contribution is 5.97. The van der Waals surface area contributed by atoms with Crippen molar-refractivity contribution in [2.45, 2.75) is 52.5 Å². The summed E-state index contributed by atoms with van der Waals surface area (Å²) in [5.41, 5.74) is 1.81. The van der Waals surface area contributed by atoms with E-state index in [0.29, 0.717) is 12.0 Å². The molecule has 1 aliphatic carbocycles. The van der Waals surface area contributed by atoms with Gasteiger partial charge in [-0.25, -0.2) is 0 Å². The molecule has 21 heavy (non-hydrogen) atoms. The molecular weight excluding hydrogens is 264 g/mol. The van der Waals surface area contributed by atoms with E-state index < -0.39 is 0 Å². The monoisotopic (exact) mass is 290 g/mol. The highest BCUT2D eigenvalue weighted by Crippen LogP contribution is 2.32. The quantitative estimate of drug-likeness (QED) is 0.927. The largest absolute Gasteiger partial charge is 0.466 e. The van der Waals surface area contributed by atoms with E-state index in [0.717, 1.165) is 55.1 Å². The number of rotatable bonds is 4. The number of nitrogens with one attached hydrogen (secondary N) is 1. The van der Waals surface area contributed by atoms with E-state index in [1.807, 2.05) is 20.8 Å². The van der Waals surface area contributed by atoms with Gasteiger partial charge in [0, 0.05) is 18.2 Å². The Morgan fingerprint density at radius 2 is 1.81 bits per heavy atom. The fourth-order valence-electron chi connectivity index (χ4n) is 3.38. The van der Waals surface area contributed by atoms with Crippen LogP contribution in [0.4, 0.5) is 0 Å². The Labute approximate surface area is 126 Å². The number of furan rings is 1. The summed E-state index contributed by atoms with van der Waals surface area (Å²) in [5.74, 6) is 2.46. The number of amides is 1. The highest BCUT2D eigenvalue weighted by atomic mass is 16.3. The van der Waals surface area contributed by atoms with Crippen LogP contribution >= 0.6 is 0 Å². The van der Waals surface area contributed by atoms with Gasteiger partial charge in [-0.3, -0.25) is 4.79 Å². The van der Waals surface area contributed by atoms with E-state index in [9.17, 15) is 4.79 Å². The van der Waals surface area contributed by atoms with Crippen LogP contribution in [0.3, 0.4) is 0 Å². The first kappa shape index (κ1) is 14.6.